The van der Waals surface area contributed by atoms with E-state index in [2.05, 4.69) is 5.32 Å². The van der Waals surface area contributed by atoms with Crippen LogP contribution < -0.4 is 5.32 Å². The number of piperidine rings is 1. The number of rotatable bonds is 3. The van der Waals surface area contributed by atoms with Gasteiger partial charge in [-0.25, -0.2) is 4.39 Å². The highest BCUT2D eigenvalue weighted by Gasteiger charge is 2.30. The van der Waals surface area contributed by atoms with Crippen molar-refractivity contribution >= 4 is 5.91 Å². The normalized spacial score (nSPS) is 26.0. The fourth-order valence-corrected chi connectivity index (χ4v) is 3.57. The summed E-state index contributed by atoms with van der Waals surface area (Å²) >= 11 is 0. The molecule has 1 aromatic rings. The number of benzene rings is 1. The molecule has 4 heteroatoms. The van der Waals surface area contributed by atoms with Crippen molar-refractivity contribution < 1.29 is 9.18 Å². The Morgan fingerprint density at radius 1 is 1.24 bits per heavy atom. The monoisotopic (exact) mass is 290 g/mol. The maximum Gasteiger partial charge on any atom is 0.226 e. The van der Waals surface area contributed by atoms with Gasteiger partial charge in [-0.3, -0.25) is 4.79 Å². The molecule has 2 fully saturated rings. The summed E-state index contributed by atoms with van der Waals surface area (Å²) in [6.45, 7) is 2.85. The minimum absolute atomic E-state index is 0.171. The number of halogens is 1. The first-order valence-electron chi connectivity index (χ1n) is 7.98. The molecule has 2 aliphatic rings. The number of amides is 1. The van der Waals surface area contributed by atoms with Crippen molar-refractivity contribution in [1.29, 1.82) is 0 Å². The number of hydrogen-bond acceptors (Lipinski definition) is 2. The third-order valence-corrected chi connectivity index (χ3v) is 4.75. The van der Waals surface area contributed by atoms with E-state index in [4.69, 9.17) is 0 Å². The molecule has 2 saturated heterocycles. The maximum atomic E-state index is 12.9. The Bertz CT molecular complexity index is 482. The zero-order valence-corrected chi connectivity index (χ0v) is 12.4. The van der Waals surface area contributed by atoms with E-state index in [0.29, 0.717) is 18.4 Å². The SMILES string of the molecule is O=C(Cc1ccc(F)cc1)N1CCCC(C2CCCN2)C1. The molecule has 2 unspecified atom stereocenters. The van der Waals surface area contributed by atoms with Crippen LogP contribution in [0.25, 0.3) is 0 Å². The third kappa shape index (κ3) is 3.62. The molecule has 3 rings (SSSR count). The van der Waals surface area contributed by atoms with Gasteiger partial charge in [0.1, 0.15) is 5.82 Å². The molecule has 0 spiro atoms. The van der Waals surface area contributed by atoms with Gasteiger partial charge in [-0.15, -0.1) is 0 Å². The molecule has 21 heavy (non-hydrogen) atoms. The lowest BCUT2D eigenvalue weighted by molar-refractivity contribution is -0.132. The van der Waals surface area contributed by atoms with Crippen LogP contribution in [0.15, 0.2) is 24.3 Å². The predicted octanol–water partition coefficient (Wildman–Crippen LogP) is 2.36. The van der Waals surface area contributed by atoms with Crippen molar-refractivity contribution in [2.75, 3.05) is 19.6 Å². The van der Waals surface area contributed by atoms with E-state index < -0.39 is 0 Å². The zero-order chi connectivity index (χ0) is 14.7. The summed E-state index contributed by atoms with van der Waals surface area (Å²) in [7, 11) is 0. The summed E-state index contributed by atoms with van der Waals surface area (Å²) in [5.74, 6) is 0.513. The molecule has 0 radical (unpaired) electrons. The zero-order valence-electron chi connectivity index (χ0n) is 12.4. The van der Waals surface area contributed by atoms with E-state index in [1.54, 1.807) is 12.1 Å². The summed E-state index contributed by atoms with van der Waals surface area (Å²) in [6, 6.07) is 6.83. The predicted molar refractivity (Wildman–Crippen MR) is 80.4 cm³/mol. The lowest BCUT2D eigenvalue weighted by atomic mass is 9.89. The third-order valence-electron chi connectivity index (χ3n) is 4.75. The number of nitrogens with one attached hydrogen (secondary N) is 1. The van der Waals surface area contributed by atoms with Gasteiger partial charge in [0, 0.05) is 19.1 Å². The van der Waals surface area contributed by atoms with Gasteiger partial charge in [0.05, 0.1) is 6.42 Å². The minimum Gasteiger partial charge on any atom is -0.342 e. The molecule has 114 valence electrons. The van der Waals surface area contributed by atoms with E-state index in [-0.39, 0.29) is 11.7 Å². The Morgan fingerprint density at radius 2 is 2.05 bits per heavy atom. The van der Waals surface area contributed by atoms with E-state index in [1.165, 1.54) is 31.4 Å². The van der Waals surface area contributed by atoms with E-state index in [0.717, 1.165) is 31.6 Å². The average molecular weight is 290 g/mol. The summed E-state index contributed by atoms with van der Waals surface area (Å²) < 4.78 is 12.9. The minimum atomic E-state index is -0.253. The highest BCUT2D eigenvalue weighted by atomic mass is 19.1. The smallest absolute Gasteiger partial charge is 0.226 e. The standard InChI is InChI=1S/C17H23FN2O/c18-15-7-5-13(6-8-15)11-17(21)20-10-2-3-14(12-20)16-4-1-9-19-16/h5-8,14,16,19H,1-4,9-12H2. The van der Waals surface area contributed by atoms with Crippen molar-refractivity contribution in [3.63, 3.8) is 0 Å². The molecule has 0 aromatic heterocycles. The summed E-state index contributed by atoms with van der Waals surface area (Å²) in [6.07, 6.45) is 5.19. The molecule has 2 aliphatic heterocycles. The highest BCUT2D eigenvalue weighted by molar-refractivity contribution is 5.78. The fourth-order valence-electron chi connectivity index (χ4n) is 3.57. The molecular weight excluding hydrogens is 267 g/mol. The molecular formula is C17H23FN2O. The Balaban J connectivity index is 1.57. The van der Waals surface area contributed by atoms with Gasteiger partial charge in [0.2, 0.25) is 5.91 Å². The maximum absolute atomic E-state index is 12.9. The molecule has 2 heterocycles. The van der Waals surface area contributed by atoms with Crippen LogP contribution in [-0.4, -0.2) is 36.5 Å². The van der Waals surface area contributed by atoms with Crippen LogP contribution in [0.5, 0.6) is 0 Å². The van der Waals surface area contributed by atoms with Crippen molar-refractivity contribution in [3.8, 4) is 0 Å². The molecule has 3 nitrogen and oxygen atoms in total. The molecule has 1 N–H and O–H groups in total. The van der Waals surface area contributed by atoms with Gasteiger partial charge in [-0.05, 0) is 55.8 Å². The van der Waals surface area contributed by atoms with Crippen LogP contribution >= 0.6 is 0 Å². The lowest BCUT2D eigenvalue weighted by Crippen LogP contribution is -2.46. The van der Waals surface area contributed by atoms with Crippen LogP contribution in [-0.2, 0) is 11.2 Å². The van der Waals surface area contributed by atoms with Crippen LogP contribution in [0.4, 0.5) is 4.39 Å². The molecule has 0 saturated carbocycles. The van der Waals surface area contributed by atoms with Crippen molar-refractivity contribution in [2.45, 2.75) is 38.1 Å². The van der Waals surface area contributed by atoms with Gasteiger partial charge in [0.15, 0.2) is 0 Å². The Labute approximate surface area is 125 Å². The number of hydrogen-bond donors (Lipinski definition) is 1. The second-order valence-electron chi connectivity index (χ2n) is 6.25. The molecule has 1 amide bonds. The Morgan fingerprint density at radius 3 is 2.76 bits per heavy atom. The van der Waals surface area contributed by atoms with Crippen molar-refractivity contribution in [2.24, 2.45) is 5.92 Å². The van der Waals surface area contributed by atoms with Crippen LogP contribution in [0.3, 0.4) is 0 Å². The van der Waals surface area contributed by atoms with Crippen molar-refractivity contribution in [1.82, 2.24) is 10.2 Å². The summed E-state index contributed by atoms with van der Waals surface area (Å²) in [5.41, 5.74) is 0.891. The van der Waals surface area contributed by atoms with E-state index in [1.807, 2.05) is 4.90 Å². The van der Waals surface area contributed by atoms with Gasteiger partial charge < -0.3 is 10.2 Å². The fraction of sp³-hybridized carbons (Fsp3) is 0.588. The molecule has 0 bridgehead atoms. The summed E-state index contributed by atoms with van der Waals surface area (Å²) in [4.78, 5) is 14.4. The average Bonchev–Trinajstić information content (AvgIpc) is 3.04. The second-order valence-corrected chi connectivity index (χ2v) is 6.25. The highest BCUT2D eigenvalue weighted by Crippen LogP contribution is 2.25. The Hall–Kier alpha value is -1.42. The first kappa shape index (κ1) is 14.5. The quantitative estimate of drug-likeness (QED) is 0.927. The number of carbonyl (C=O) groups is 1. The number of nitrogens with zero attached hydrogens (tertiary/aromatic N) is 1. The molecule has 2 atom stereocenters. The second kappa shape index (κ2) is 6.56. The van der Waals surface area contributed by atoms with Crippen LogP contribution in [0.1, 0.15) is 31.2 Å². The van der Waals surface area contributed by atoms with Crippen LogP contribution in [0.2, 0.25) is 0 Å². The van der Waals surface area contributed by atoms with Crippen molar-refractivity contribution in [3.05, 3.63) is 35.6 Å². The Kier molecular flexibility index (Phi) is 4.54. The lowest BCUT2D eigenvalue weighted by Gasteiger charge is -2.36. The van der Waals surface area contributed by atoms with Gasteiger partial charge in [-0.1, -0.05) is 12.1 Å². The molecule has 1 aromatic carbocycles. The van der Waals surface area contributed by atoms with Crippen LogP contribution in [0, 0.1) is 11.7 Å². The summed E-state index contributed by atoms with van der Waals surface area (Å²) in [5, 5.41) is 3.56. The first-order valence-corrected chi connectivity index (χ1v) is 7.98. The first-order chi connectivity index (χ1) is 10.2. The van der Waals surface area contributed by atoms with E-state index >= 15 is 0 Å². The van der Waals surface area contributed by atoms with Gasteiger partial charge in [-0.2, -0.15) is 0 Å². The van der Waals surface area contributed by atoms with Gasteiger partial charge >= 0.3 is 0 Å². The van der Waals surface area contributed by atoms with E-state index in [9.17, 15) is 9.18 Å². The van der Waals surface area contributed by atoms with Gasteiger partial charge in [0.25, 0.3) is 0 Å². The molecule has 0 aliphatic carbocycles. The number of likely N-dealkylation sites (tertiary alicyclic amines) is 1. The topological polar surface area (TPSA) is 32.3 Å². The number of carbonyl (C=O) groups excluding carboxylic acids is 1. The largest absolute Gasteiger partial charge is 0.342 e.